The molecular formula is C25H21ClF2N2O4. The van der Waals surface area contributed by atoms with Crippen molar-refractivity contribution in [2.45, 2.75) is 26.3 Å². The zero-order chi connectivity index (χ0) is 24.6. The average Bonchev–Trinajstić information content (AvgIpc) is 2.73. The molecule has 0 radical (unpaired) electrons. The third-order valence-electron chi connectivity index (χ3n) is 5.76. The lowest BCUT2D eigenvalue weighted by atomic mass is 9.73. The average molecular weight is 487 g/mol. The summed E-state index contributed by atoms with van der Waals surface area (Å²) in [6.45, 7) is 4.05. The monoisotopic (exact) mass is 486 g/mol. The molecule has 0 bridgehead atoms. The second-order valence-electron chi connectivity index (χ2n) is 8.75. The molecule has 0 saturated heterocycles. The van der Waals surface area contributed by atoms with Crippen molar-refractivity contribution < 1.29 is 28.2 Å². The third kappa shape index (κ3) is 4.82. The number of nitrogens with one attached hydrogen (secondary N) is 2. The van der Waals surface area contributed by atoms with Gasteiger partial charge in [0.05, 0.1) is 22.3 Å². The van der Waals surface area contributed by atoms with Crippen LogP contribution in [0.15, 0.2) is 54.6 Å². The first-order valence-electron chi connectivity index (χ1n) is 10.4. The van der Waals surface area contributed by atoms with E-state index >= 15 is 0 Å². The predicted octanol–water partition coefficient (Wildman–Crippen LogP) is 6.66. The Balaban J connectivity index is 1.61. The fourth-order valence-electron chi connectivity index (χ4n) is 4.18. The van der Waals surface area contributed by atoms with Crippen LogP contribution in [-0.4, -0.2) is 17.2 Å². The number of carboxylic acid groups (broad SMARTS) is 1. The molecule has 176 valence electrons. The highest BCUT2D eigenvalue weighted by atomic mass is 35.5. The van der Waals surface area contributed by atoms with Gasteiger partial charge in [-0.25, -0.2) is 13.6 Å². The highest BCUT2D eigenvalue weighted by Gasteiger charge is 2.36. The molecule has 0 fully saturated rings. The molecule has 1 atom stereocenters. The van der Waals surface area contributed by atoms with Crippen LogP contribution in [0.25, 0.3) is 0 Å². The van der Waals surface area contributed by atoms with Crippen LogP contribution >= 0.6 is 11.6 Å². The van der Waals surface area contributed by atoms with E-state index in [0.717, 1.165) is 28.9 Å². The molecule has 1 aliphatic rings. The van der Waals surface area contributed by atoms with Crippen LogP contribution in [0.4, 0.5) is 25.0 Å². The van der Waals surface area contributed by atoms with Gasteiger partial charge in [-0.3, -0.25) is 4.79 Å². The van der Waals surface area contributed by atoms with Gasteiger partial charge in [0.15, 0.2) is 0 Å². The van der Waals surface area contributed by atoms with Gasteiger partial charge in [0.25, 0.3) is 5.91 Å². The van der Waals surface area contributed by atoms with Gasteiger partial charge in [0.2, 0.25) is 0 Å². The third-order valence-corrected chi connectivity index (χ3v) is 6.07. The summed E-state index contributed by atoms with van der Waals surface area (Å²) >= 11 is 5.96. The molecule has 9 heteroatoms. The minimum absolute atomic E-state index is 0.0253. The lowest BCUT2D eigenvalue weighted by Crippen LogP contribution is -2.35. The Morgan fingerprint density at radius 1 is 1.12 bits per heavy atom. The van der Waals surface area contributed by atoms with Gasteiger partial charge >= 0.3 is 6.16 Å². The summed E-state index contributed by atoms with van der Waals surface area (Å²) in [6, 6.07) is 12.5. The number of ether oxygens (including phenoxy) is 1. The fourth-order valence-corrected chi connectivity index (χ4v) is 4.43. The van der Waals surface area contributed by atoms with Crippen molar-refractivity contribution >= 4 is 35.0 Å². The van der Waals surface area contributed by atoms with Gasteiger partial charge in [-0.1, -0.05) is 31.5 Å². The maximum absolute atomic E-state index is 14.6. The fraction of sp³-hybridized carbons (Fsp3) is 0.200. The number of benzene rings is 3. The van der Waals surface area contributed by atoms with Gasteiger partial charge in [0, 0.05) is 5.69 Å². The standard InChI is InChI=1S/C25H21ClF2N2O4/c1-25(2)12-14-9-16(34-24(32)33)5-8-20(14)29-22(25)13-3-7-19(28)21(10-13)30-23(31)17-6-4-15(27)11-18(17)26/h3-11,22,29H,12H2,1-2H3,(H,30,31)(H,32,33). The lowest BCUT2D eigenvalue weighted by molar-refractivity contribution is 0.102. The van der Waals surface area contributed by atoms with E-state index in [1.54, 1.807) is 30.3 Å². The molecule has 3 aromatic rings. The SMILES string of the molecule is CC1(C)Cc2cc(OC(=O)O)ccc2NC1c1ccc(F)c(NC(=O)c2ccc(F)cc2Cl)c1. The molecule has 0 spiro atoms. The van der Waals surface area contributed by atoms with Crippen LogP contribution in [0.3, 0.4) is 0 Å². The quantitative estimate of drug-likeness (QED) is 0.283. The molecule has 3 aromatic carbocycles. The van der Waals surface area contributed by atoms with E-state index in [4.69, 9.17) is 21.4 Å². The Morgan fingerprint density at radius 3 is 2.59 bits per heavy atom. The van der Waals surface area contributed by atoms with Crippen LogP contribution < -0.4 is 15.4 Å². The molecule has 1 unspecified atom stereocenters. The zero-order valence-electron chi connectivity index (χ0n) is 18.3. The lowest BCUT2D eigenvalue weighted by Gasteiger charge is -2.41. The Hall–Kier alpha value is -3.65. The number of amides is 1. The maximum atomic E-state index is 14.6. The summed E-state index contributed by atoms with van der Waals surface area (Å²) in [5.74, 6) is -1.64. The van der Waals surface area contributed by atoms with Crippen molar-refractivity contribution in [1.29, 1.82) is 0 Å². The Labute approximate surface area is 199 Å². The molecule has 0 saturated carbocycles. The highest BCUT2D eigenvalue weighted by molar-refractivity contribution is 6.34. The van der Waals surface area contributed by atoms with Crippen molar-refractivity contribution in [3.8, 4) is 5.75 Å². The largest absolute Gasteiger partial charge is 0.511 e. The van der Waals surface area contributed by atoms with Crippen LogP contribution in [0, 0.1) is 17.0 Å². The number of carbonyl (C=O) groups excluding carboxylic acids is 1. The molecule has 1 aliphatic heterocycles. The number of anilines is 2. The predicted molar refractivity (Wildman–Crippen MR) is 125 cm³/mol. The van der Waals surface area contributed by atoms with Crippen LogP contribution in [0.5, 0.6) is 5.75 Å². The van der Waals surface area contributed by atoms with Crippen molar-refractivity contribution in [3.05, 3.63) is 87.9 Å². The highest BCUT2D eigenvalue weighted by Crippen LogP contribution is 2.46. The zero-order valence-corrected chi connectivity index (χ0v) is 19.0. The molecule has 1 heterocycles. The summed E-state index contributed by atoms with van der Waals surface area (Å²) in [6.07, 6.45) is -0.787. The van der Waals surface area contributed by atoms with E-state index in [2.05, 4.69) is 10.6 Å². The van der Waals surface area contributed by atoms with Gasteiger partial charge < -0.3 is 20.5 Å². The maximum Gasteiger partial charge on any atom is 0.511 e. The molecule has 0 aromatic heterocycles. The summed E-state index contributed by atoms with van der Waals surface area (Å²) in [4.78, 5) is 23.5. The van der Waals surface area contributed by atoms with Crippen molar-refractivity contribution in [3.63, 3.8) is 0 Å². The second-order valence-corrected chi connectivity index (χ2v) is 9.15. The van der Waals surface area contributed by atoms with E-state index in [-0.39, 0.29) is 33.5 Å². The molecule has 4 rings (SSSR count). The van der Waals surface area contributed by atoms with Crippen LogP contribution in [0.1, 0.15) is 41.4 Å². The molecule has 0 aliphatic carbocycles. The number of hydrogen-bond donors (Lipinski definition) is 3. The second kappa shape index (κ2) is 8.95. The normalized spacial score (nSPS) is 16.2. The summed E-state index contributed by atoms with van der Waals surface area (Å²) < 4.78 is 32.6. The smallest absolute Gasteiger partial charge is 0.449 e. The molecule has 1 amide bonds. The number of fused-ring (bicyclic) bond motifs is 1. The van der Waals surface area contributed by atoms with E-state index in [0.29, 0.717) is 6.42 Å². The Bertz CT molecular complexity index is 1300. The number of carbonyl (C=O) groups is 2. The van der Waals surface area contributed by atoms with Gasteiger partial charge in [-0.05, 0) is 71.5 Å². The molecule has 6 nitrogen and oxygen atoms in total. The Morgan fingerprint density at radius 2 is 1.88 bits per heavy atom. The van der Waals surface area contributed by atoms with Crippen LogP contribution in [0.2, 0.25) is 5.02 Å². The summed E-state index contributed by atoms with van der Waals surface area (Å²) in [5.41, 5.74) is 2.07. The first-order chi connectivity index (χ1) is 16.0. The molecular weight excluding hydrogens is 466 g/mol. The summed E-state index contributed by atoms with van der Waals surface area (Å²) in [5, 5.41) is 14.7. The number of hydrogen-bond acceptors (Lipinski definition) is 4. The Kier molecular flexibility index (Phi) is 6.18. The number of halogens is 3. The van der Waals surface area contributed by atoms with Gasteiger partial charge in [0.1, 0.15) is 17.4 Å². The minimum Gasteiger partial charge on any atom is -0.449 e. The first kappa shape index (κ1) is 23.5. The summed E-state index contributed by atoms with van der Waals surface area (Å²) in [7, 11) is 0. The molecule has 3 N–H and O–H groups in total. The van der Waals surface area contributed by atoms with Crippen LogP contribution in [-0.2, 0) is 6.42 Å². The van der Waals surface area contributed by atoms with E-state index in [1.165, 1.54) is 12.1 Å². The van der Waals surface area contributed by atoms with Crippen molar-refractivity contribution in [1.82, 2.24) is 0 Å². The van der Waals surface area contributed by atoms with Gasteiger partial charge in [-0.15, -0.1) is 0 Å². The van der Waals surface area contributed by atoms with E-state index in [1.807, 2.05) is 13.8 Å². The minimum atomic E-state index is -1.39. The molecule has 34 heavy (non-hydrogen) atoms. The van der Waals surface area contributed by atoms with Gasteiger partial charge in [-0.2, -0.15) is 0 Å². The van der Waals surface area contributed by atoms with E-state index in [9.17, 15) is 18.4 Å². The first-order valence-corrected chi connectivity index (χ1v) is 10.8. The number of rotatable bonds is 4. The van der Waals surface area contributed by atoms with E-state index < -0.39 is 23.7 Å². The van der Waals surface area contributed by atoms with Crippen molar-refractivity contribution in [2.75, 3.05) is 10.6 Å². The van der Waals surface area contributed by atoms with Crippen molar-refractivity contribution in [2.24, 2.45) is 5.41 Å². The topological polar surface area (TPSA) is 87.7 Å².